The highest BCUT2D eigenvalue weighted by molar-refractivity contribution is 6.07. The first-order chi connectivity index (χ1) is 14.7. The van der Waals surface area contributed by atoms with Crippen molar-refractivity contribution in [3.05, 3.63) is 65.9 Å². The van der Waals surface area contributed by atoms with Gasteiger partial charge in [-0.25, -0.2) is 10.2 Å². The minimum atomic E-state index is -0.484. The molecule has 0 saturated heterocycles. The molecule has 1 saturated carbocycles. The van der Waals surface area contributed by atoms with E-state index in [9.17, 15) is 9.59 Å². The number of hydrogen-bond acceptors (Lipinski definition) is 3. The van der Waals surface area contributed by atoms with E-state index in [0.29, 0.717) is 12.1 Å². The Morgan fingerprint density at radius 3 is 2.70 bits per heavy atom. The van der Waals surface area contributed by atoms with Gasteiger partial charge >= 0.3 is 6.03 Å². The Hall–Kier alpha value is -3.48. The molecule has 0 bridgehead atoms. The van der Waals surface area contributed by atoms with Crippen LogP contribution in [-0.4, -0.2) is 23.0 Å². The molecular weight excluding hydrogens is 380 g/mol. The Labute approximate surface area is 175 Å². The van der Waals surface area contributed by atoms with E-state index in [0.717, 1.165) is 35.1 Å². The number of aromatic nitrogens is 1. The van der Waals surface area contributed by atoms with Crippen molar-refractivity contribution in [2.45, 2.75) is 44.8 Å². The summed E-state index contributed by atoms with van der Waals surface area (Å²) in [5, 5.41) is 3.54. The molecule has 1 aromatic heterocycles. The van der Waals surface area contributed by atoms with E-state index in [4.69, 9.17) is 4.74 Å². The number of hydrogen-bond donors (Lipinski definition) is 4. The second-order valence-corrected chi connectivity index (χ2v) is 7.54. The van der Waals surface area contributed by atoms with Crippen LogP contribution in [0.15, 0.2) is 54.7 Å². The zero-order chi connectivity index (χ0) is 20.8. The van der Waals surface area contributed by atoms with E-state index in [1.807, 2.05) is 48.5 Å². The van der Waals surface area contributed by atoms with Crippen LogP contribution in [0.1, 0.15) is 48.0 Å². The quantitative estimate of drug-likeness (QED) is 0.482. The number of aromatic amines is 1. The van der Waals surface area contributed by atoms with Crippen LogP contribution in [0.4, 0.5) is 4.79 Å². The zero-order valence-corrected chi connectivity index (χ0v) is 16.7. The molecule has 30 heavy (non-hydrogen) atoms. The molecule has 7 nitrogen and oxygen atoms in total. The molecule has 2 aromatic carbocycles. The van der Waals surface area contributed by atoms with Crippen LogP contribution in [0, 0.1) is 0 Å². The Bertz CT molecular complexity index is 1020. The third-order valence-corrected chi connectivity index (χ3v) is 5.33. The first kappa shape index (κ1) is 19.8. The van der Waals surface area contributed by atoms with Crippen LogP contribution in [0.5, 0.6) is 5.75 Å². The van der Waals surface area contributed by atoms with E-state index in [1.165, 1.54) is 19.3 Å². The van der Waals surface area contributed by atoms with Gasteiger partial charge in [-0.05, 0) is 49.4 Å². The highest BCUT2D eigenvalue weighted by Gasteiger charge is 2.15. The number of benzene rings is 2. The number of rotatable bonds is 5. The van der Waals surface area contributed by atoms with Crippen molar-refractivity contribution < 1.29 is 14.3 Å². The first-order valence-electron chi connectivity index (χ1n) is 10.3. The van der Waals surface area contributed by atoms with Crippen LogP contribution < -0.4 is 20.9 Å². The van der Waals surface area contributed by atoms with Gasteiger partial charge in [-0.2, -0.15) is 0 Å². The van der Waals surface area contributed by atoms with E-state index in [1.54, 1.807) is 6.20 Å². The number of fused-ring (bicyclic) bond motifs is 1. The molecule has 0 atom stereocenters. The fourth-order valence-corrected chi connectivity index (χ4v) is 3.77. The van der Waals surface area contributed by atoms with E-state index >= 15 is 0 Å². The lowest BCUT2D eigenvalue weighted by Crippen LogP contribution is -2.46. The highest BCUT2D eigenvalue weighted by atomic mass is 16.5. The van der Waals surface area contributed by atoms with Gasteiger partial charge in [0.15, 0.2) is 0 Å². The van der Waals surface area contributed by atoms with Gasteiger partial charge in [-0.1, -0.05) is 36.8 Å². The van der Waals surface area contributed by atoms with Crippen molar-refractivity contribution >= 4 is 22.8 Å². The average molecular weight is 406 g/mol. The molecule has 1 aliphatic rings. The lowest BCUT2D eigenvalue weighted by atomic mass is 9.98. The summed E-state index contributed by atoms with van der Waals surface area (Å²) in [6.07, 6.45) is 7.83. The number of hydrazine groups is 1. The van der Waals surface area contributed by atoms with Crippen molar-refractivity contribution in [3.8, 4) is 5.75 Å². The maximum atomic E-state index is 12.3. The summed E-state index contributed by atoms with van der Waals surface area (Å²) in [7, 11) is 0. The van der Waals surface area contributed by atoms with Crippen LogP contribution in [0.25, 0.3) is 10.9 Å². The highest BCUT2D eigenvalue weighted by Crippen LogP contribution is 2.24. The van der Waals surface area contributed by atoms with E-state index in [-0.39, 0.29) is 12.0 Å². The van der Waals surface area contributed by atoms with Crippen molar-refractivity contribution in [1.82, 2.24) is 21.2 Å². The number of amides is 3. The van der Waals surface area contributed by atoms with Crippen molar-refractivity contribution in [2.75, 3.05) is 0 Å². The average Bonchev–Trinajstić information content (AvgIpc) is 3.21. The summed E-state index contributed by atoms with van der Waals surface area (Å²) < 4.78 is 6.07. The molecule has 0 unspecified atom stereocenters. The van der Waals surface area contributed by atoms with Gasteiger partial charge < -0.3 is 15.0 Å². The maximum absolute atomic E-state index is 12.3. The van der Waals surface area contributed by atoms with Gasteiger partial charge in [0.25, 0.3) is 5.91 Å². The first-order valence-corrected chi connectivity index (χ1v) is 10.3. The second-order valence-electron chi connectivity index (χ2n) is 7.54. The molecule has 0 radical (unpaired) electrons. The second kappa shape index (κ2) is 9.35. The van der Waals surface area contributed by atoms with Gasteiger partial charge in [0.2, 0.25) is 0 Å². The third-order valence-electron chi connectivity index (χ3n) is 5.33. The Morgan fingerprint density at radius 2 is 1.83 bits per heavy atom. The molecule has 1 heterocycles. The number of ether oxygens (including phenoxy) is 1. The SMILES string of the molecule is O=C(NCc1cccc(OC2CCCCC2)c1)NNC(=O)c1c[nH]c2ccccc12. The maximum Gasteiger partial charge on any atom is 0.333 e. The number of nitrogens with one attached hydrogen (secondary N) is 4. The number of carbonyl (C=O) groups excluding carboxylic acids is 2. The minimum absolute atomic E-state index is 0.282. The monoisotopic (exact) mass is 406 g/mol. The van der Waals surface area contributed by atoms with Crippen molar-refractivity contribution in [3.63, 3.8) is 0 Å². The van der Waals surface area contributed by atoms with Gasteiger partial charge in [-0.15, -0.1) is 0 Å². The van der Waals surface area contributed by atoms with Gasteiger partial charge in [0.05, 0.1) is 11.7 Å². The number of urea groups is 1. The molecule has 4 rings (SSSR count). The molecular formula is C23H26N4O3. The lowest BCUT2D eigenvalue weighted by molar-refractivity contribution is 0.0938. The summed E-state index contributed by atoms with van der Waals surface area (Å²) >= 11 is 0. The van der Waals surface area contributed by atoms with E-state index in [2.05, 4.69) is 21.2 Å². The topological polar surface area (TPSA) is 95.2 Å². The van der Waals surface area contributed by atoms with E-state index < -0.39 is 6.03 Å². The van der Waals surface area contributed by atoms with Crippen LogP contribution in [0.2, 0.25) is 0 Å². The summed E-state index contributed by atoms with van der Waals surface area (Å²) in [4.78, 5) is 27.5. The van der Waals surface area contributed by atoms with Gasteiger partial charge in [-0.3, -0.25) is 10.2 Å². The predicted octanol–water partition coefficient (Wildman–Crippen LogP) is 4.02. The molecule has 3 amide bonds. The standard InChI is InChI=1S/C23H26N4O3/c28-22(20-15-24-21-12-5-4-11-19(20)21)26-27-23(29)25-14-16-7-6-10-18(13-16)30-17-8-2-1-3-9-17/h4-7,10-13,15,17,24H,1-3,8-9,14H2,(H,26,28)(H2,25,27,29). The smallest absolute Gasteiger partial charge is 0.333 e. The Kier molecular flexibility index (Phi) is 6.17. The number of para-hydroxylation sites is 1. The molecule has 1 aliphatic carbocycles. The molecule has 7 heteroatoms. The summed E-state index contributed by atoms with van der Waals surface area (Å²) in [6, 6.07) is 14.7. The Balaban J connectivity index is 1.25. The largest absolute Gasteiger partial charge is 0.490 e. The fraction of sp³-hybridized carbons (Fsp3) is 0.304. The molecule has 4 N–H and O–H groups in total. The van der Waals surface area contributed by atoms with Crippen LogP contribution >= 0.6 is 0 Å². The van der Waals surface area contributed by atoms with Crippen molar-refractivity contribution in [2.24, 2.45) is 0 Å². The molecule has 1 fully saturated rings. The summed E-state index contributed by atoms with van der Waals surface area (Å²) in [5.41, 5.74) is 7.09. The molecule has 156 valence electrons. The Morgan fingerprint density at radius 1 is 1.00 bits per heavy atom. The molecule has 0 spiro atoms. The molecule has 3 aromatic rings. The zero-order valence-electron chi connectivity index (χ0n) is 16.7. The third kappa shape index (κ3) is 4.92. The summed E-state index contributed by atoms with van der Waals surface area (Å²) in [5.74, 6) is 0.444. The van der Waals surface area contributed by atoms with Crippen LogP contribution in [-0.2, 0) is 6.54 Å². The minimum Gasteiger partial charge on any atom is -0.490 e. The normalized spacial score (nSPS) is 14.3. The fourth-order valence-electron chi connectivity index (χ4n) is 3.77. The van der Waals surface area contributed by atoms with Gasteiger partial charge in [0.1, 0.15) is 5.75 Å². The van der Waals surface area contributed by atoms with Gasteiger partial charge in [0, 0.05) is 23.6 Å². The molecule has 0 aliphatic heterocycles. The predicted molar refractivity (Wildman–Crippen MR) is 115 cm³/mol. The van der Waals surface area contributed by atoms with Crippen molar-refractivity contribution in [1.29, 1.82) is 0 Å². The van der Waals surface area contributed by atoms with Crippen LogP contribution in [0.3, 0.4) is 0 Å². The lowest BCUT2D eigenvalue weighted by Gasteiger charge is -2.23. The summed E-state index contributed by atoms with van der Waals surface area (Å²) in [6.45, 7) is 0.330. The number of carbonyl (C=O) groups is 2. The number of H-pyrrole nitrogens is 1.